The lowest BCUT2D eigenvalue weighted by Gasteiger charge is -2.27. The van der Waals surface area contributed by atoms with Crippen LogP contribution in [0.5, 0.6) is 5.75 Å². The third kappa shape index (κ3) is 3.70. The molecule has 2 aromatic carbocycles. The second kappa shape index (κ2) is 7.76. The van der Waals surface area contributed by atoms with Gasteiger partial charge in [-0.15, -0.1) is 0 Å². The molecule has 0 unspecified atom stereocenters. The standard InChI is InChI=1S/C20H15ClN2O6/c1-10-14(21)4-3-5-15(10)23-18(25)13(17(24)22-20(23)28)9-11-6-7-16(29-2)12(8-11)19(26)27/h3-9H,1-2H3,(H,26,27)(H,22,24,28)/b13-9-. The normalized spacial score (nSPS) is 15.5. The number of methoxy groups -OCH3 is 1. The highest BCUT2D eigenvalue weighted by Gasteiger charge is 2.37. The van der Waals surface area contributed by atoms with Gasteiger partial charge in [-0.25, -0.2) is 14.5 Å². The van der Waals surface area contributed by atoms with E-state index in [1.54, 1.807) is 19.1 Å². The number of barbiturate groups is 1. The van der Waals surface area contributed by atoms with E-state index in [9.17, 15) is 24.3 Å². The quantitative estimate of drug-likeness (QED) is 0.587. The maximum atomic E-state index is 12.9. The van der Waals surface area contributed by atoms with Crippen molar-refractivity contribution in [3.05, 3.63) is 63.7 Å². The van der Waals surface area contributed by atoms with Crippen LogP contribution in [0.2, 0.25) is 5.02 Å². The van der Waals surface area contributed by atoms with Crippen LogP contribution in [-0.2, 0) is 9.59 Å². The summed E-state index contributed by atoms with van der Waals surface area (Å²) in [6, 6.07) is 7.98. The number of hydrogen-bond donors (Lipinski definition) is 2. The van der Waals surface area contributed by atoms with Crippen molar-refractivity contribution in [2.45, 2.75) is 6.92 Å². The maximum Gasteiger partial charge on any atom is 0.339 e. The fraction of sp³-hybridized carbons (Fsp3) is 0.100. The highest BCUT2D eigenvalue weighted by Crippen LogP contribution is 2.30. The van der Waals surface area contributed by atoms with Crippen LogP contribution in [0.1, 0.15) is 21.5 Å². The molecule has 2 N–H and O–H groups in total. The van der Waals surface area contributed by atoms with Crippen molar-refractivity contribution in [3.63, 3.8) is 0 Å². The van der Waals surface area contributed by atoms with Crippen LogP contribution in [-0.4, -0.2) is 36.0 Å². The highest BCUT2D eigenvalue weighted by molar-refractivity contribution is 6.40. The Hall–Kier alpha value is -3.65. The molecule has 9 heteroatoms. The number of urea groups is 1. The van der Waals surface area contributed by atoms with Crippen LogP contribution in [0, 0.1) is 6.92 Å². The minimum atomic E-state index is -1.23. The summed E-state index contributed by atoms with van der Waals surface area (Å²) in [6.45, 7) is 1.64. The smallest absolute Gasteiger partial charge is 0.339 e. The van der Waals surface area contributed by atoms with Gasteiger partial charge in [0.25, 0.3) is 11.8 Å². The molecule has 2 aromatic rings. The number of carbonyl (C=O) groups excluding carboxylic acids is 3. The van der Waals surface area contributed by atoms with Gasteiger partial charge in [0.05, 0.1) is 12.8 Å². The van der Waals surface area contributed by atoms with Crippen molar-refractivity contribution >= 4 is 47.2 Å². The number of carbonyl (C=O) groups is 4. The Labute approximate surface area is 170 Å². The van der Waals surface area contributed by atoms with Crippen LogP contribution in [0.4, 0.5) is 10.5 Å². The lowest BCUT2D eigenvalue weighted by Crippen LogP contribution is -2.54. The SMILES string of the molecule is COc1ccc(/C=C2/C(=O)NC(=O)N(c3cccc(Cl)c3C)C2=O)cc1C(=O)O. The lowest BCUT2D eigenvalue weighted by molar-refractivity contribution is -0.122. The van der Waals surface area contributed by atoms with Crippen molar-refractivity contribution < 1.29 is 29.0 Å². The molecule has 3 rings (SSSR count). The van der Waals surface area contributed by atoms with Crippen LogP contribution in [0.25, 0.3) is 6.08 Å². The number of aromatic carboxylic acids is 1. The second-order valence-electron chi connectivity index (χ2n) is 6.11. The van der Waals surface area contributed by atoms with Crippen LogP contribution in [0.3, 0.4) is 0 Å². The molecule has 0 atom stereocenters. The van der Waals surface area contributed by atoms with Crippen molar-refractivity contribution in [3.8, 4) is 5.75 Å². The van der Waals surface area contributed by atoms with Gasteiger partial charge in [0.1, 0.15) is 16.9 Å². The molecule has 0 saturated carbocycles. The number of ether oxygens (including phenoxy) is 1. The average Bonchev–Trinajstić information content (AvgIpc) is 2.68. The van der Waals surface area contributed by atoms with E-state index in [4.69, 9.17) is 16.3 Å². The molecule has 8 nitrogen and oxygen atoms in total. The van der Waals surface area contributed by atoms with Gasteiger partial charge in [0.15, 0.2) is 0 Å². The molecule has 0 bridgehead atoms. The van der Waals surface area contributed by atoms with E-state index >= 15 is 0 Å². The Bertz CT molecular complexity index is 1090. The number of halogens is 1. The summed E-state index contributed by atoms with van der Waals surface area (Å²) in [4.78, 5) is 49.7. The number of carboxylic acid groups (broad SMARTS) is 1. The number of nitrogens with zero attached hydrogens (tertiary/aromatic N) is 1. The first-order valence-electron chi connectivity index (χ1n) is 8.32. The molecular weight excluding hydrogens is 400 g/mol. The van der Waals surface area contributed by atoms with Gasteiger partial charge in [-0.3, -0.25) is 14.9 Å². The van der Waals surface area contributed by atoms with E-state index in [2.05, 4.69) is 5.32 Å². The molecule has 0 radical (unpaired) electrons. The largest absolute Gasteiger partial charge is 0.496 e. The summed E-state index contributed by atoms with van der Waals surface area (Å²) in [6.07, 6.45) is 1.21. The van der Waals surface area contributed by atoms with Gasteiger partial charge >= 0.3 is 12.0 Å². The van der Waals surface area contributed by atoms with Crippen molar-refractivity contribution in [1.82, 2.24) is 5.32 Å². The predicted molar refractivity (Wildman–Crippen MR) is 105 cm³/mol. The monoisotopic (exact) mass is 414 g/mol. The molecule has 1 aliphatic heterocycles. The average molecular weight is 415 g/mol. The van der Waals surface area contributed by atoms with E-state index < -0.39 is 23.8 Å². The first-order chi connectivity index (χ1) is 13.7. The van der Waals surface area contributed by atoms with Gasteiger partial charge in [0.2, 0.25) is 0 Å². The van der Waals surface area contributed by atoms with E-state index in [1.165, 1.54) is 37.5 Å². The molecule has 0 aromatic heterocycles. The summed E-state index contributed by atoms with van der Waals surface area (Å²) < 4.78 is 4.99. The number of rotatable bonds is 4. The minimum Gasteiger partial charge on any atom is -0.496 e. The zero-order chi connectivity index (χ0) is 21.3. The Kier molecular flexibility index (Phi) is 5.38. The number of carboxylic acids is 1. The fourth-order valence-electron chi connectivity index (χ4n) is 2.86. The van der Waals surface area contributed by atoms with E-state index in [0.717, 1.165) is 4.90 Å². The van der Waals surface area contributed by atoms with E-state index in [0.29, 0.717) is 10.6 Å². The molecule has 1 fully saturated rings. The summed E-state index contributed by atoms with van der Waals surface area (Å²) in [5.41, 5.74) is 0.539. The molecule has 29 heavy (non-hydrogen) atoms. The molecule has 0 spiro atoms. The molecule has 1 heterocycles. The van der Waals surface area contributed by atoms with Crippen molar-refractivity contribution in [2.75, 3.05) is 12.0 Å². The maximum absolute atomic E-state index is 12.9. The van der Waals surface area contributed by atoms with Gasteiger partial charge < -0.3 is 9.84 Å². The van der Waals surface area contributed by atoms with Crippen LogP contribution < -0.4 is 15.0 Å². The third-order valence-corrected chi connectivity index (χ3v) is 4.76. The van der Waals surface area contributed by atoms with Gasteiger partial charge in [-0.1, -0.05) is 23.7 Å². The zero-order valence-electron chi connectivity index (χ0n) is 15.4. The van der Waals surface area contributed by atoms with E-state index in [1.807, 2.05) is 0 Å². The lowest BCUT2D eigenvalue weighted by atomic mass is 10.0. The number of anilines is 1. The Morgan fingerprint density at radius 2 is 1.93 bits per heavy atom. The summed E-state index contributed by atoms with van der Waals surface area (Å²) in [7, 11) is 1.33. The van der Waals surface area contributed by atoms with Crippen LogP contribution in [0.15, 0.2) is 42.0 Å². The molecule has 4 amide bonds. The zero-order valence-corrected chi connectivity index (χ0v) is 16.1. The third-order valence-electron chi connectivity index (χ3n) is 4.35. The summed E-state index contributed by atoms with van der Waals surface area (Å²) in [5.74, 6) is -2.83. The van der Waals surface area contributed by atoms with E-state index in [-0.39, 0.29) is 28.1 Å². The summed E-state index contributed by atoms with van der Waals surface area (Å²) >= 11 is 6.08. The number of benzene rings is 2. The Morgan fingerprint density at radius 3 is 2.59 bits per heavy atom. The van der Waals surface area contributed by atoms with Crippen molar-refractivity contribution in [1.29, 1.82) is 0 Å². The van der Waals surface area contributed by atoms with Gasteiger partial charge in [-0.2, -0.15) is 0 Å². The Balaban J connectivity index is 2.07. The van der Waals surface area contributed by atoms with Crippen LogP contribution >= 0.6 is 11.6 Å². The van der Waals surface area contributed by atoms with Gasteiger partial charge in [0, 0.05) is 5.02 Å². The predicted octanol–water partition coefficient (Wildman–Crippen LogP) is 3.02. The Morgan fingerprint density at radius 1 is 1.21 bits per heavy atom. The fourth-order valence-corrected chi connectivity index (χ4v) is 3.03. The number of hydrogen-bond acceptors (Lipinski definition) is 5. The molecule has 1 saturated heterocycles. The number of amides is 4. The first-order valence-corrected chi connectivity index (χ1v) is 8.70. The molecule has 0 aliphatic carbocycles. The number of imide groups is 2. The number of nitrogens with one attached hydrogen (secondary N) is 1. The molecule has 1 aliphatic rings. The molecular formula is C20H15ClN2O6. The molecule has 148 valence electrons. The summed E-state index contributed by atoms with van der Waals surface area (Å²) in [5, 5.41) is 11.8. The van der Waals surface area contributed by atoms with Crippen molar-refractivity contribution in [2.24, 2.45) is 0 Å². The highest BCUT2D eigenvalue weighted by atomic mass is 35.5. The van der Waals surface area contributed by atoms with Gasteiger partial charge in [-0.05, 0) is 48.4 Å². The first kappa shape index (κ1) is 20.1. The minimum absolute atomic E-state index is 0.130. The second-order valence-corrected chi connectivity index (χ2v) is 6.51. The topological polar surface area (TPSA) is 113 Å².